The average molecular weight is 340 g/mol. The molecule has 0 spiro atoms. The number of nitrogens with zero attached hydrogens (tertiary/aromatic N) is 2. The van der Waals surface area contributed by atoms with Gasteiger partial charge in [-0.3, -0.25) is 5.43 Å². The summed E-state index contributed by atoms with van der Waals surface area (Å²) in [6.07, 6.45) is 3.77. The minimum atomic E-state index is -0.226. The zero-order valence-corrected chi connectivity index (χ0v) is 14.0. The Kier molecular flexibility index (Phi) is 4.86. The summed E-state index contributed by atoms with van der Waals surface area (Å²) in [7, 11) is 1.74. The molecule has 6 heteroatoms. The summed E-state index contributed by atoms with van der Waals surface area (Å²) >= 11 is 5.00. The van der Waals surface area contributed by atoms with Crippen molar-refractivity contribution in [1.82, 2.24) is 15.3 Å². The van der Waals surface area contributed by atoms with E-state index in [1.165, 1.54) is 12.1 Å². The summed E-state index contributed by atoms with van der Waals surface area (Å²) < 4.78 is 15.2. The van der Waals surface area contributed by atoms with Gasteiger partial charge >= 0.3 is 0 Å². The highest BCUT2D eigenvalue weighted by Crippen LogP contribution is 2.21. The summed E-state index contributed by atoms with van der Waals surface area (Å²) in [5, 5.41) is 8.51. The molecular weight excluding hydrogens is 323 g/mol. The molecule has 0 fully saturated rings. The number of fused-ring (bicyclic) bond motifs is 1. The van der Waals surface area contributed by atoms with Crippen LogP contribution in [-0.4, -0.2) is 22.9 Å². The lowest BCUT2D eigenvalue weighted by Gasteiger charge is -2.05. The first kappa shape index (κ1) is 16.1. The van der Waals surface area contributed by atoms with Crippen LogP contribution in [0, 0.1) is 5.82 Å². The van der Waals surface area contributed by atoms with Gasteiger partial charge in [0.25, 0.3) is 0 Å². The molecule has 3 aromatic rings. The number of aromatic nitrogens is 1. The van der Waals surface area contributed by atoms with Crippen molar-refractivity contribution in [2.24, 2.45) is 5.10 Å². The Bertz CT molecular complexity index is 884. The van der Waals surface area contributed by atoms with E-state index in [4.69, 9.17) is 12.2 Å². The third-order valence-corrected chi connectivity index (χ3v) is 3.98. The zero-order valence-electron chi connectivity index (χ0n) is 13.2. The molecule has 0 radical (unpaired) electrons. The van der Waals surface area contributed by atoms with Crippen LogP contribution in [0.25, 0.3) is 10.9 Å². The molecular formula is C18H17FN4S. The van der Waals surface area contributed by atoms with E-state index in [9.17, 15) is 4.39 Å². The molecule has 1 heterocycles. The lowest BCUT2D eigenvalue weighted by atomic mass is 10.2. The molecule has 0 saturated heterocycles. The normalized spacial score (nSPS) is 11.1. The minimum absolute atomic E-state index is 0.226. The number of rotatable bonds is 4. The Labute approximate surface area is 145 Å². The SMILES string of the molecule is CNC(=S)N/N=C\c1cn(Cc2ccc(F)cc2)c2ccccc12. The van der Waals surface area contributed by atoms with E-state index in [0.29, 0.717) is 11.7 Å². The summed E-state index contributed by atoms with van der Waals surface area (Å²) in [6, 6.07) is 14.6. The number of nitrogens with one attached hydrogen (secondary N) is 2. The lowest BCUT2D eigenvalue weighted by Crippen LogP contribution is -2.28. The van der Waals surface area contributed by atoms with Crippen LogP contribution < -0.4 is 10.7 Å². The molecule has 4 nitrogen and oxygen atoms in total. The van der Waals surface area contributed by atoms with Gasteiger partial charge in [-0.05, 0) is 36.0 Å². The van der Waals surface area contributed by atoms with Crippen LogP contribution in [0.1, 0.15) is 11.1 Å². The average Bonchev–Trinajstić information content (AvgIpc) is 2.95. The van der Waals surface area contributed by atoms with E-state index in [1.807, 2.05) is 24.4 Å². The lowest BCUT2D eigenvalue weighted by molar-refractivity contribution is 0.626. The second-order valence-electron chi connectivity index (χ2n) is 5.31. The van der Waals surface area contributed by atoms with Crippen molar-refractivity contribution in [3.8, 4) is 0 Å². The molecule has 122 valence electrons. The Balaban J connectivity index is 1.91. The predicted molar refractivity (Wildman–Crippen MR) is 99.8 cm³/mol. The summed E-state index contributed by atoms with van der Waals surface area (Å²) in [6.45, 7) is 0.664. The van der Waals surface area contributed by atoms with Crippen molar-refractivity contribution in [1.29, 1.82) is 0 Å². The molecule has 3 rings (SSSR count). The van der Waals surface area contributed by atoms with Crippen molar-refractivity contribution in [3.63, 3.8) is 0 Å². The molecule has 2 aromatic carbocycles. The standard InChI is InChI=1S/C18H17FN4S/c1-20-18(24)22-21-10-14-12-23(17-5-3-2-4-16(14)17)11-13-6-8-15(19)9-7-13/h2-10,12H,11H2,1H3,(H2,20,22,24)/b21-10-. The van der Waals surface area contributed by atoms with Gasteiger partial charge in [-0.25, -0.2) is 4.39 Å². The molecule has 0 aliphatic heterocycles. The first-order valence-electron chi connectivity index (χ1n) is 7.50. The highest BCUT2D eigenvalue weighted by atomic mass is 32.1. The maximum Gasteiger partial charge on any atom is 0.186 e. The molecule has 1 aromatic heterocycles. The Morgan fingerprint density at radius 2 is 1.96 bits per heavy atom. The van der Waals surface area contributed by atoms with Gasteiger partial charge in [0.2, 0.25) is 0 Å². The Morgan fingerprint density at radius 3 is 2.71 bits per heavy atom. The van der Waals surface area contributed by atoms with Crippen LogP contribution in [-0.2, 0) is 6.54 Å². The van der Waals surface area contributed by atoms with Crippen LogP contribution in [0.4, 0.5) is 4.39 Å². The Hall–Kier alpha value is -2.73. The summed E-state index contributed by atoms with van der Waals surface area (Å²) in [4.78, 5) is 0. The third kappa shape index (κ3) is 3.60. The fraction of sp³-hybridized carbons (Fsp3) is 0.111. The Morgan fingerprint density at radius 1 is 1.21 bits per heavy atom. The van der Waals surface area contributed by atoms with Gasteiger partial charge in [0.05, 0.1) is 6.21 Å². The first-order chi connectivity index (χ1) is 11.7. The molecule has 0 atom stereocenters. The topological polar surface area (TPSA) is 41.4 Å². The molecule has 0 bridgehead atoms. The molecule has 0 saturated carbocycles. The molecule has 24 heavy (non-hydrogen) atoms. The van der Waals surface area contributed by atoms with Crippen LogP contribution in [0.2, 0.25) is 0 Å². The molecule has 0 aliphatic carbocycles. The predicted octanol–water partition coefficient (Wildman–Crippen LogP) is 3.26. The van der Waals surface area contributed by atoms with Gasteiger partial charge in [0.15, 0.2) is 5.11 Å². The molecule has 0 aliphatic rings. The second kappa shape index (κ2) is 7.23. The summed E-state index contributed by atoms with van der Waals surface area (Å²) in [5.74, 6) is -0.226. The van der Waals surface area contributed by atoms with Gasteiger partial charge < -0.3 is 9.88 Å². The van der Waals surface area contributed by atoms with Crippen LogP contribution in [0.3, 0.4) is 0 Å². The number of hydrogen-bond donors (Lipinski definition) is 2. The number of halogens is 1. The van der Waals surface area contributed by atoms with Crippen molar-refractivity contribution in [2.75, 3.05) is 7.05 Å². The van der Waals surface area contributed by atoms with Gasteiger partial charge in [0.1, 0.15) is 5.82 Å². The fourth-order valence-electron chi connectivity index (χ4n) is 2.51. The number of hydrazone groups is 1. The highest BCUT2D eigenvalue weighted by molar-refractivity contribution is 7.80. The van der Waals surface area contributed by atoms with Crippen LogP contribution in [0.15, 0.2) is 59.8 Å². The van der Waals surface area contributed by atoms with Crippen molar-refractivity contribution in [2.45, 2.75) is 6.54 Å². The number of para-hydroxylation sites is 1. The van der Waals surface area contributed by atoms with Crippen molar-refractivity contribution >= 4 is 34.4 Å². The van der Waals surface area contributed by atoms with Crippen LogP contribution >= 0.6 is 12.2 Å². The minimum Gasteiger partial charge on any atom is -0.364 e. The second-order valence-corrected chi connectivity index (χ2v) is 5.71. The molecule has 0 unspecified atom stereocenters. The number of benzene rings is 2. The molecule has 0 amide bonds. The molecule has 2 N–H and O–H groups in total. The maximum absolute atomic E-state index is 13.1. The van der Waals surface area contributed by atoms with E-state index < -0.39 is 0 Å². The summed E-state index contributed by atoms with van der Waals surface area (Å²) in [5.41, 5.74) is 5.87. The third-order valence-electron chi connectivity index (χ3n) is 3.68. The van der Waals surface area contributed by atoms with E-state index in [-0.39, 0.29) is 5.82 Å². The van der Waals surface area contributed by atoms with Gasteiger partial charge in [-0.2, -0.15) is 5.10 Å². The zero-order chi connectivity index (χ0) is 16.9. The van der Waals surface area contributed by atoms with E-state index >= 15 is 0 Å². The van der Waals surface area contributed by atoms with E-state index in [1.54, 1.807) is 25.4 Å². The van der Waals surface area contributed by atoms with Gasteiger partial charge in [-0.15, -0.1) is 0 Å². The largest absolute Gasteiger partial charge is 0.364 e. The maximum atomic E-state index is 13.1. The van der Waals surface area contributed by atoms with Crippen molar-refractivity contribution < 1.29 is 4.39 Å². The first-order valence-corrected chi connectivity index (χ1v) is 7.91. The number of thiocarbonyl (C=S) groups is 1. The van der Waals surface area contributed by atoms with Crippen LogP contribution in [0.5, 0.6) is 0 Å². The highest BCUT2D eigenvalue weighted by Gasteiger charge is 2.07. The van der Waals surface area contributed by atoms with Gasteiger partial charge in [0, 0.05) is 36.3 Å². The smallest absolute Gasteiger partial charge is 0.186 e. The van der Waals surface area contributed by atoms with Gasteiger partial charge in [-0.1, -0.05) is 30.3 Å². The number of hydrogen-bond acceptors (Lipinski definition) is 2. The fourth-order valence-corrected chi connectivity index (χ4v) is 2.56. The quantitative estimate of drug-likeness (QED) is 0.435. The monoisotopic (exact) mass is 340 g/mol. The van der Waals surface area contributed by atoms with E-state index in [2.05, 4.69) is 26.5 Å². The van der Waals surface area contributed by atoms with Crippen molar-refractivity contribution in [3.05, 3.63) is 71.7 Å². The van der Waals surface area contributed by atoms with E-state index in [0.717, 1.165) is 22.0 Å².